The van der Waals surface area contributed by atoms with Crippen LogP contribution in [0.1, 0.15) is 39.2 Å². The number of piperidine rings is 1. The number of halogens is 2. The van der Waals surface area contributed by atoms with E-state index in [9.17, 15) is 13.6 Å². The van der Waals surface area contributed by atoms with Gasteiger partial charge in [-0.05, 0) is 52.2 Å². The number of nitrogens with zero attached hydrogens (tertiary/aromatic N) is 2. The quantitative estimate of drug-likeness (QED) is 0.821. The van der Waals surface area contributed by atoms with Crippen molar-refractivity contribution in [1.29, 1.82) is 0 Å². The van der Waals surface area contributed by atoms with Gasteiger partial charge in [-0.15, -0.1) is 0 Å². The number of carbonyl (C=O) groups is 1. The molecule has 0 saturated carbocycles. The van der Waals surface area contributed by atoms with Crippen molar-refractivity contribution >= 4 is 5.91 Å². The molecule has 0 N–H and O–H groups in total. The van der Waals surface area contributed by atoms with Gasteiger partial charge in [0.05, 0.1) is 12.1 Å². The monoisotopic (exact) mass is 366 g/mol. The second kappa shape index (κ2) is 7.61. The van der Waals surface area contributed by atoms with Crippen molar-refractivity contribution in [3.05, 3.63) is 35.4 Å². The Bertz CT molecular complexity index is 637. The minimum absolute atomic E-state index is 0.0584. The van der Waals surface area contributed by atoms with Crippen LogP contribution in [0.25, 0.3) is 0 Å². The zero-order valence-electron chi connectivity index (χ0n) is 15.8. The molecular weight excluding hydrogens is 338 g/mol. The maximum atomic E-state index is 13.8. The molecule has 0 aliphatic carbocycles. The molecular formula is C20H28F2N2O2. The predicted molar refractivity (Wildman–Crippen MR) is 95.9 cm³/mol. The number of ether oxygens (including phenoxy) is 1. The van der Waals surface area contributed by atoms with Gasteiger partial charge < -0.3 is 14.5 Å². The Morgan fingerprint density at radius 2 is 1.85 bits per heavy atom. The summed E-state index contributed by atoms with van der Waals surface area (Å²) in [6, 6.07) is 4.16. The van der Waals surface area contributed by atoms with Gasteiger partial charge in [0.1, 0.15) is 17.7 Å². The fraction of sp³-hybridized carbons (Fsp3) is 0.650. The summed E-state index contributed by atoms with van der Waals surface area (Å²) in [5.74, 6) is -0.897. The maximum absolute atomic E-state index is 13.8. The van der Waals surface area contributed by atoms with Crippen molar-refractivity contribution in [3.8, 4) is 0 Å². The molecule has 1 spiro atoms. The van der Waals surface area contributed by atoms with E-state index in [-0.39, 0.29) is 23.1 Å². The number of hydrogen-bond donors (Lipinski definition) is 0. The topological polar surface area (TPSA) is 32.8 Å². The lowest BCUT2D eigenvalue weighted by Crippen LogP contribution is -2.62. The molecule has 0 unspecified atom stereocenters. The Kier molecular flexibility index (Phi) is 5.63. The van der Waals surface area contributed by atoms with E-state index in [2.05, 4.69) is 4.90 Å². The number of carbonyl (C=O) groups excluding carboxylic acids is 1. The van der Waals surface area contributed by atoms with Crippen LogP contribution in [-0.4, -0.2) is 59.6 Å². The molecule has 2 heterocycles. The van der Waals surface area contributed by atoms with Crippen molar-refractivity contribution in [1.82, 2.24) is 9.80 Å². The van der Waals surface area contributed by atoms with Gasteiger partial charge >= 0.3 is 0 Å². The first-order chi connectivity index (χ1) is 12.3. The molecule has 2 saturated heterocycles. The highest BCUT2D eigenvalue weighted by molar-refractivity contribution is 5.81. The van der Waals surface area contributed by atoms with Crippen molar-refractivity contribution < 1.29 is 18.3 Å². The van der Waals surface area contributed by atoms with Gasteiger partial charge in [-0.1, -0.05) is 6.07 Å². The van der Waals surface area contributed by atoms with E-state index >= 15 is 0 Å². The molecule has 4 nitrogen and oxygen atoms in total. The van der Waals surface area contributed by atoms with Crippen LogP contribution in [0, 0.1) is 11.6 Å². The summed E-state index contributed by atoms with van der Waals surface area (Å²) in [6.45, 7) is 8.75. The van der Waals surface area contributed by atoms with Crippen LogP contribution < -0.4 is 0 Å². The standard InChI is InChI=1S/C20H28F2N2O2/c1-14(2)24-13-20(26-15(3)19(24)25)8-11-23(12-9-20)10-7-16-17(21)5-4-6-18(16)22/h4-6,14-15H,7-13H2,1-3H3/t15-/m1/s1. The second-order valence-electron chi connectivity index (χ2n) is 7.79. The van der Waals surface area contributed by atoms with Gasteiger partial charge in [-0.2, -0.15) is 0 Å². The SMILES string of the molecule is CC(C)N1CC2(CCN(CCc3c(F)cccc3F)CC2)O[C@H](C)C1=O. The van der Waals surface area contributed by atoms with Crippen LogP contribution in [0.3, 0.4) is 0 Å². The van der Waals surface area contributed by atoms with E-state index in [1.807, 2.05) is 25.7 Å². The summed E-state index contributed by atoms with van der Waals surface area (Å²) in [4.78, 5) is 16.4. The molecule has 0 bridgehead atoms. The third-order valence-electron chi connectivity index (χ3n) is 5.65. The Morgan fingerprint density at radius 3 is 2.42 bits per heavy atom. The molecule has 2 aliphatic heterocycles. The Labute approximate surface area is 154 Å². The van der Waals surface area contributed by atoms with Crippen molar-refractivity contribution in [2.45, 2.75) is 57.8 Å². The lowest BCUT2D eigenvalue weighted by Gasteiger charge is -2.50. The van der Waals surface area contributed by atoms with E-state index in [0.29, 0.717) is 19.5 Å². The molecule has 2 aliphatic rings. The van der Waals surface area contributed by atoms with Crippen LogP contribution in [-0.2, 0) is 16.0 Å². The van der Waals surface area contributed by atoms with E-state index < -0.39 is 17.7 Å². The summed E-state index contributed by atoms with van der Waals surface area (Å²) in [7, 11) is 0. The summed E-state index contributed by atoms with van der Waals surface area (Å²) >= 11 is 0. The average molecular weight is 366 g/mol. The van der Waals surface area contributed by atoms with Gasteiger partial charge in [0, 0.05) is 31.2 Å². The first-order valence-electron chi connectivity index (χ1n) is 9.45. The molecule has 1 amide bonds. The Hall–Kier alpha value is -1.53. The number of amides is 1. The molecule has 1 aromatic rings. The molecule has 6 heteroatoms. The van der Waals surface area contributed by atoms with E-state index in [1.165, 1.54) is 18.2 Å². The maximum Gasteiger partial charge on any atom is 0.251 e. The summed E-state index contributed by atoms with van der Waals surface area (Å²) < 4.78 is 33.7. The first kappa shape index (κ1) is 19.2. The Balaban J connectivity index is 1.58. The van der Waals surface area contributed by atoms with Gasteiger partial charge in [-0.3, -0.25) is 4.79 Å². The molecule has 2 fully saturated rings. The highest BCUT2D eigenvalue weighted by Crippen LogP contribution is 2.33. The lowest BCUT2D eigenvalue weighted by atomic mass is 9.87. The molecule has 144 valence electrons. The average Bonchev–Trinajstić information content (AvgIpc) is 2.59. The summed E-state index contributed by atoms with van der Waals surface area (Å²) in [6.07, 6.45) is 1.60. The van der Waals surface area contributed by atoms with E-state index in [1.54, 1.807) is 0 Å². The number of hydrogen-bond acceptors (Lipinski definition) is 3. The van der Waals surface area contributed by atoms with Crippen LogP contribution >= 0.6 is 0 Å². The highest BCUT2D eigenvalue weighted by atomic mass is 19.1. The van der Waals surface area contributed by atoms with Crippen LogP contribution in [0.2, 0.25) is 0 Å². The van der Waals surface area contributed by atoms with Gasteiger partial charge in [-0.25, -0.2) is 8.78 Å². The van der Waals surface area contributed by atoms with Crippen molar-refractivity contribution in [2.24, 2.45) is 0 Å². The molecule has 3 rings (SSSR count). The Morgan fingerprint density at radius 1 is 1.23 bits per heavy atom. The smallest absolute Gasteiger partial charge is 0.251 e. The lowest BCUT2D eigenvalue weighted by molar-refractivity contribution is -0.192. The fourth-order valence-electron chi connectivity index (χ4n) is 4.02. The van der Waals surface area contributed by atoms with E-state index in [0.717, 1.165) is 25.9 Å². The van der Waals surface area contributed by atoms with Crippen LogP contribution in [0.4, 0.5) is 8.78 Å². The summed E-state index contributed by atoms with van der Waals surface area (Å²) in [5, 5.41) is 0. The number of likely N-dealkylation sites (tertiary alicyclic amines) is 1. The third-order valence-corrected chi connectivity index (χ3v) is 5.65. The number of morpholine rings is 1. The van der Waals surface area contributed by atoms with Gasteiger partial charge in [0.2, 0.25) is 0 Å². The van der Waals surface area contributed by atoms with Crippen molar-refractivity contribution in [2.75, 3.05) is 26.2 Å². The fourth-order valence-corrected chi connectivity index (χ4v) is 4.02. The molecule has 0 radical (unpaired) electrons. The van der Waals surface area contributed by atoms with Crippen LogP contribution in [0.15, 0.2) is 18.2 Å². The molecule has 0 aromatic heterocycles. The van der Waals surface area contributed by atoms with Gasteiger partial charge in [0.15, 0.2) is 0 Å². The van der Waals surface area contributed by atoms with E-state index in [4.69, 9.17) is 4.74 Å². The minimum Gasteiger partial charge on any atom is -0.360 e. The van der Waals surface area contributed by atoms with Gasteiger partial charge in [0.25, 0.3) is 5.91 Å². The normalized spacial score (nSPS) is 23.8. The number of rotatable bonds is 4. The van der Waals surface area contributed by atoms with Crippen molar-refractivity contribution in [3.63, 3.8) is 0 Å². The second-order valence-corrected chi connectivity index (χ2v) is 7.79. The third kappa shape index (κ3) is 3.91. The molecule has 1 atom stereocenters. The zero-order chi connectivity index (χ0) is 18.9. The van der Waals surface area contributed by atoms with Crippen LogP contribution in [0.5, 0.6) is 0 Å². The largest absolute Gasteiger partial charge is 0.360 e. The molecule has 26 heavy (non-hydrogen) atoms. The minimum atomic E-state index is -0.478. The zero-order valence-corrected chi connectivity index (χ0v) is 15.8. The summed E-state index contributed by atoms with van der Waals surface area (Å²) in [5.41, 5.74) is -0.135. The molecule has 1 aromatic carbocycles. The number of benzene rings is 1. The first-order valence-corrected chi connectivity index (χ1v) is 9.45. The predicted octanol–water partition coefficient (Wildman–Crippen LogP) is 3.00. The highest BCUT2D eigenvalue weighted by Gasteiger charge is 2.45.